The molecule has 0 saturated heterocycles. The van der Waals surface area contributed by atoms with Crippen LogP contribution in [-0.4, -0.2) is 37.7 Å². The molecule has 178 valence electrons. The van der Waals surface area contributed by atoms with Crippen molar-refractivity contribution in [3.05, 3.63) is 84.0 Å². The third-order valence-electron chi connectivity index (χ3n) is 4.81. The van der Waals surface area contributed by atoms with Crippen LogP contribution in [0.2, 0.25) is 5.02 Å². The van der Waals surface area contributed by atoms with Crippen molar-refractivity contribution in [2.45, 2.75) is 12.1 Å². The third-order valence-corrected chi connectivity index (χ3v) is 7.44. The maximum atomic E-state index is 12.4. The van der Waals surface area contributed by atoms with Crippen molar-refractivity contribution in [1.82, 2.24) is 20.2 Å². The van der Waals surface area contributed by atoms with Crippen molar-refractivity contribution in [3.63, 3.8) is 0 Å². The van der Waals surface area contributed by atoms with Crippen LogP contribution in [-0.2, 0) is 4.79 Å². The van der Waals surface area contributed by atoms with Crippen molar-refractivity contribution in [2.75, 3.05) is 5.75 Å². The number of hydrogen-bond donors (Lipinski definition) is 2. The number of aryl methyl sites for hydroxylation is 1. The summed E-state index contributed by atoms with van der Waals surface area (Å²) in [6.45, 7) is 2.02. The van der Waals surface area contributed by atoms with Gasteiger partial charge in [0.2, 0.25) is 0 Å². The van der Waals surface area contributed by atoms with E-state index in [2.05, 4.69) is 43.3 Å². The molecule has 7 nitrogen and oxygen atoms in total. The monoisotopic (exact) mass is 729 g/mol. The summed E-state index contributed by atoms with van der Waals surface area (Å²) in [6.07, 6.45) is 1.43. The SMILES string of the molecule is Cc1ccc(-n2c(SCC(=O)NN=Cc3cc(I)cc(I)c3O)nnc2-c2ccc(Cl)cc2)cc1. The molecule has 1 aromatic heterocycles. The van der Waals surface area contributed by atoms with Crippen LogP contribution in [0.4, 0.5) is 0 Å². The minimum atomic E-state index is -0.308. The van der Waals surface area contributed by atoms with Gasteiger partial charge in [0, 0.05) is 25.4 Å². The number of carbonyl (C=O) groups excluding carboxylic acids is 1. The second-order valence-electron chi connectivity index (χ2n) is 7.39. The van der Waals surface area contributed by atoms with Gasteiger partial charge in [0.25, 0.3) is 5.91 Å². The average molecular weight is 730 g/mol. The van der Waals surface area contributed by atoms with E-state index in [4.69, 9.17) is 11.6 Å². The molecule has 1 heterocycles. The Morgan fingerprint density at radius 2 is 1.86 bits per heavy atom. The van der Waals surface area contributed by atoms with Crippen LogP contribution in [0.1, 0.15) is 11.1 Å². The number of phenolic OH excluding ortho intramolecular Hbond substituents is 1. The fourth-order valence-corrected chi connectivity index (χ4v) is 5.86. The number of nitrogens with one attached hydrogen (secondary N) is 1. The molecule has 1 amide bonds. The Hall–Kier alpha value is -2.16. The zero-order valence-corrected chi connectivity index (χ0v) is 24.1. The van der Waals surface area contributed by atoms with Gasteiger partial charge < -0.3 is 5.11 Å². The Morgan fingerprint density at radius 1 is 1.14 bits per heavy atom. The van der Waals surface area contributed by atoms with Crippen LogP contribution in [0.15, 0.2) is 70.9 Å². The van der Waals surface area contributed by atoms with Crippen LogP contribution in [0.3, 0.4) is 0 Å². The van der Waals surface area contributed by atoms with Gasteiger partial charge in [0.1, 0.15) is 5.75 Å². The number of thioether (sulfide) groups is 1. The molecule has 35 heavy (non-hydrogen) atoms. The van der Waals surface area contributed by atoms with E-state index < -0.39 is 0 Å². The summed E-state index contributed by atoms with van der Waals surface area (Å²) in [4.78, 5) is 12.4. The maximum Gasteiger partial charge on any atom is 0.250 e. The third kappa shape index (κ3) is 6.54. The van der Waals surface area contributed by atoms with Gasteiger partial charge in [-0.05, 0) is 101 Å². The van der Waals surface area contributed by atoms with Gasteiger partial charge in [0.05, 0.1) is 15.5 Å². The number of rotatable bonds is 7. The van der Waals surface area contributed by atoms with Crippen molar-refractivity contribution >= 4 is 80.7 Å². The van der Waals surface area contributed by atoms with Crippen LogP contribution < -0.4 is 5.43 Å². The first-order chi connectivity index (χ1) is 16.8. The molecule has 0 atom stereocenters. The van der Waals surface area contributed by atoms with Gasteiger partial charge in [0.15, 0.2) is 11.0 Å². The molecule has 0 aliphatic carbocycles. The number of carbonyl (C=O) groups is 1. The standard InChI is InChI=1S/C24H18ClI2N5O2S/c1-14-2-8-19(9-3-14)32-23(15-4-6-17(25)7-5-15)30-31-24(32)35-13-21(33)29-28-12-16-10-18(26)11-20(27)22(16)34/h2-12,34H,13H2,1H3,(H,29,33). The molecule has 0 radical (unpaired) electrons. The molecule has 0 unspecified atom stereocenters. The summed E-state index contributed by atoms with van der Waals surface area (Å²) in [7, 11) is 0. The predicted molar refractivity (Wildman–Crippen MR) is 157 cm³/mol. The highest BCUT2D eigenvalue weighted by atomic mass is 127. The molecule has 0 fully saturated rings. The van der Waals surface area contributed by atoms with Gasteiger partial charge in [-0.15, -0.1) is 10.2 Å². The van der Waals surface area contributed by atoms with Crippen LogP contribution >= 0.6 is 68.5 Å². The van der Waals surface area contributed by atoms with E-state index in [0.29, 0.717) is 25.1 Å². The number of benzene rings is 3. The molecule has 0 aliphatic rings. The van der Waals surface area contributed by atoms with E-state index in [1.165, 1.54) is 18.0 Å². The highest BCUT2D eigenvalue weighted by Crippen LogP contribution is 2.29. The van der Waals surface area contributed by atoms with Gasteiger partial charge >= 0.3 is 0 Å². The second-order valence-corrected chi connectivity index (χ2v) is 11.2. The summed E-state index contributed by atoms with van der Waals surface area (Å²) in [5.74, 6) is 0.546. The molecule has 0 bridgehead atoms. The molecule has 0 aliphatic heterocycles. The fourth-order valence-electron chi connectivity index (χ4n) is 3.10. The van der Waals surface area contributed by atoms with Crippen molar-refractivity contribution < 1.29 is 9.90 Å². The van der Waals surface area contributed by atoms with Gasteiger partial charge in [-0.3, -0.25) is 9.36 Å². The second kappa shape index (κ2) is 11.7. The Balaban J connectivity index is 1.51. The number of aromatic nitrogens is 3. The van der Waals surface area contributed by atoms with Gasteiger partial charge in [-0.2, -0.15) is 5.10 Å². The highest BCUT2D eigenvalue weighted by Gasteiger charge is 2.17. The lowest BCUT2D eigenvalue weighted by Crippen LogP contribution is -2.20. The van der Waals surface area contributed by atoms with E-state index in [0.717, 1.165) is 20.4 Å². The summed E-state index contributed by atoms with van der Waals surface area (Å²) in [6, 6.07) is 19.0. The lowest BCUT2D eigenvalue weighted by molar-refractivity contribution is -0.118. The van der Waals surface area contributed by atoms with E-state index in [9.17, 15) is 9.90 Å². The Morgan fingerprint density at radius 3 is 2.57 bits per heavy atom. The minimum absolute atomic E-state index is 0.0811. The summed E-state index contributed by atoms with van der Waals surface area (Å²) >= 11 is 11.5. The first-order valence-electron chi connectivity index (χ1n) is 10.2. The van der Waals surface area contributed by atoms with Gasteiger partial charge in [-0.1, -0.05) is 41.1 Å². The Kier molecular flexibility index (Phi) is 8.68. The van der Waals surface area contributed by atoms with Crippen LogP contribution in [0.25, 0.3) is 17.1 Å². The lowest BCUT2D eigenvalue weighted by atomic mass is 10.2. The minimum Gasteiger partial charge on any atom is -0.506 e. The maximum absolute atomic E-state index is 12.4. The van der Waals surface area contributed by atoms with Crippen molar-refractivity contribution in [3.8, 4) is 22.8 Å². The van der Waals surface area contributed by atoms with E-state index >= 15 is 0 Å². The normalized spacial score (nSPS) is 11.2. The number of halogens is 3. The predicted octanol–water partition coefficient (Wildman–Crippen LogP) is 6.05. The molecule has 2 N–H and O–H groups in total. The molecule has 0 saturated carbocycles. The average Bonchev–Trinajstić information content (AvgIpc) is 3.25. The number of aromatic hydroxyl groups is 1. The first-order valence-corrected chi connectivity index (χ1v) is 13.7. The van der Waals surface area contributed by atoms with E-state index in [-0.39, 0.29) is 17.4 Å². The van der Waals surface area contributed by atoms with Crippen LogP contribution in [0.5, 0.6) is 5.75 Å². The molecular formula is C24H18ClI2N5O2S. The number of phenols is 1. The number of hydrazone groups is 1. The topological polar surface area (TPSA) is 92.4 Å². The van der Waals surface area contributed by atoms with Gasteiger partial charge in [-0.25, -0.2) is 5.43 Å². The zero-order valence-electron chi connectivity index (χ0n) is 18.2. The number of hydrogen-bond acceptors (Lipinski definition) is 6. The van der Waals surface area contributed by atoms with Crippen molar-refractivity contribution in [1.29, 1.82) is 0 Å². The zero-order chi connectivity index (χ0) is 24.9. The van der Waals surface area contributed by atoms with E-state index in [1.807, 2.05) is 76.5 Å². The number of nitrogens with zero attached hydrogens (tertiary/aromatic N) is 4. The number of amides is 1. The molecule has 3 aromatic carbocycles. The van der Waals surface area contributed by atoms with Crippen LogP contribution in [0, 0.1) is 14.1 Å². The lowest BCUT2D eigenvalue weighted by Gasteiger charge is -2.10. The Labute approximate surface area is 238 Å². The molecule has 4 aromatic rings. The largest absolute Gasteiger partial charge is 0.506 e. The fraction of sp³-hybridized carbons (Fsp3) is 0.0833. The molecular weight excluding hydrogens is 712 g/mol. The van der Waals surface area contributed by atoms with E-state index in [1.54, 1.807) is 18.2 Å². The molecule has 4 rings (SSSR count). The van der Waals surface area contributed by atoms with Crippen molar-refractivity contribution in [2.24, 2.45) is 5.10 Å². The molecule has 11 heteroatoms. The Bertz CT molecular complexity index is 1390. The molecule has 0 spiro atoms. The summed E-state index contributed by atoms with van der Waals surface area (Å²) in [5.41, 5.74) is 5.90. The smallest absolute Gasteiger partial charge is 0.250 e. The summed E-state index contributed by atoms with van der Waals surface area (Å²) < 4.78 is 3.58. The quantitative estimate of drug-likeness (QED) is 0.105. The first kappa shape index (κ1) is 25.9. The highest BCUT2D eigenvalue weighted by molar-refractivity contribution is 14.1. The summed E-state index contributed by atoms with van der Waals surface area (Å²) in [5, 5.41) is 24.1.